The van der Waals surface area contributed by atoms with E-state index in [-0.39, 0.29) is 26.0 Å². The number of imide groups is 1. The molecule has 1 aliphatic heterocycles. The first-order valence-electron chi connectivity index (χ1n) is 11.1. The van der Waals surface area contributed by atoms with E-state index in [0.29, 0.717) is 18.6 Å². The predicted octanol–water partition coefficient (Wildman–Crippen LogP) is 3.89. The van der Waals surface area contributed by atoms with E-state index in [4.69, 9.17) is 4.74 Å². The van der Waals surface area contributed by atoms with Crippen LogP contribution in [0.5, 0.6) is 5.75 Å². The molecule has 1 saturated heterocycles. The van der Waals surface area contributed by atoms with Crippen molar-refractivity contribution in [2.24, 2.45) is 0 Å². The Labute approximate surface area is 198 Å². The van der Waals surface area contributed by atoms with Crippen molar-refractivity contribution in [1.82, 2.24) is 15.5 Å². The third kappa shape index (κ3) is 5.23. The van der Waals surface area contributed by atoms with Gasteiger partial charge in [0.2, 0.25) is 0 Å². The van der Waals surface area contributed by atoms with Gasteiger partial charge in [0, 0.05) is 6.04 Å². The van der Waals surface area contributed by atoms with E-state index in [2.05, 4.69) is 10.6 Å². The molecule has 2 aromatic rings. The lowest BCUT2D eigenvalue weighted by atomic mass is 9.79. The third-order valence-corrected chi connectivity index (χ3v) is 6.29. The zero-order valence-electron chi connectivity index (χ0n) is 18.5. The lowest BCUT2D eigenvalue weighted by Gasteiger charge is -2.35. The maximum absolute atomic E-state index is 13.2. The van der Waals surface area contributed by atoms with Crippen molar-refractivity contribution in [3.8, 4) is 5.75 Å². The molecule has 7 nitrogen and oxygen atoms in total. The van der Waals surface area contributed by atoms with E-state index in [1.807, 2.05) is 0 Å². The molecular formula is C24H23F4N3O4. The van der Waals surface area contributed by atoms with E-state index in [1.165, 1.54) is 36.4 Å². The summed E-state index contributed by atoms with van der Waals surface area (Å²) in [5.41, 5.74) is -2.59. The number of nitrogens with one attached hydrogen (secondary N) is 2. The summed E-state index contributed by atoms with van der Waals surface area (Å²) < 4.78 is 58.1. The van der Waals surface area contributed by atoms with Gasteiger partial charge in [-0.1, -0.05) is 12.1 Å². The topological polar surface area (TPSA) is 87.7 Å². The Hall–Kier alpha value is -3.63. The SMILES string of the molecule is O=C(NC1CCC2(CC1)NC(=O)N(CCOc1ccc(F)cc1)C2=O)c1ccccc1C(F)(F)F. The molecule has 2 aromatic carbocycles. The second-order valence-corrected chi connectivity index (χ2v) is 8.56. The molecule has 186 valence electrons. The van der Waals surface area contributed by atoms with E-state index in [0.717, 1.165) is 17.0 Å². The second kappa shape index (κ2) is 9.55. The molecule has 4 rings (SSSR count). The molecule has 11 heteroatoms. The zero-order valence-corrected chi connectivity index (χ0v) is 18.5. The van der Waals surface area contributed by atoms with Crippen molar-refractivity contribution in [3.63, 3.8) is 0 Å². The van der Waals surface area contributed by atoms with Gasteiger partial charge in [-0.3, -0.25) is 14.5 Å². The Kier molecular flexibility index (Phi) is 6.68. The molecule has 0 unspecified atom stereocenters. The van der Waals surface area contributed by atoms with Gasteiger partial charge in [-0.15, -0.1) is 0 Å². The minimum atomic E-state index is -4.66. The number of benzene rings is 2. The highest BCUT2D eigenvalue weighted by Crippen LogP contribution is 2.35. The summed E-state index contributed by atoms with van der Waals surface area (Å²) in [6.07, 6.45) is -3.57. The van der Waals surface area contributed by atoms with Crippen LogP contribution in [0.25, 0.3) is 0 Å². The monoisotopic (exact) mass is 493 g/mol. The van der Waals surface area contributed by atoms with Crippen LogP contribution in [-0.2, 0) is 11.0 Å². The van der Waals surface area contributed by atoms with Crippen LogP contribution in [-0.4, -0.2) is 47.5 Å². The number of halogens is 4. The predicted molar refractivity (Wildman–Crippen MR) is 116 cm³/mol. The fourth-order valence-electron chi connectivity index (χ4n) is 4.45. The fourth-order valence-corrected chi connectivity index (χ4v) is 4.45. The maximum Gasteiger partial charge on any atom is 0.417 e. The minimum Gasteiger partial charge on any atom is -0.492 e. The van der Waals surface area contributed by atoms with Crippen LogP contribution in [0, 0.1) is 5.82 Å². The van der Waals surface area contributed by atoms with Crippen LogP contribution < -0.4 is 15.4 Å². The van der Waals surface area contributed by atoms with Crippen LogP contribution >= 0.6 is 0 Å². The number of ether oxygens (including phenoxy) is 1. The van der Waals surface area contributed by atoms with Gasteiger partial charge in [-0.25, -0.2) is 9.18 Å². The van der Waals surface area contributed by atoms with Gasteiger partial charge in [0.25, 0.3) is 11.8 Å². The fraction of sp³-hybridized carbons (Fsp3) is 0.375. The van der Waals surface area contributed by atoms with Crippen molar-refractivity contribution >= 4 is 17.8 Å². The largest absolute Gasteiger partial charge is 0.492 e. The average Bonchev–Trinajstić information content (AvgIpc) is 3.05. The molecule has 35 heavy (non-hydrogen) atoms. The van der Waals surface area contributed by atoms with Gasteiger partial charge in [-0.05, 0) is 62.1 Å². The smallest absolute Gasteiger partial charge is 0.417 e. The number of hydrogen-bond donors (Lipinski definition) is 2. The normalized spacial score (nSPS) is 22.3. The van der Waals surface area contributed by atoms with Crippen molar-refractivity contribution in [3.05, 3.63) is 65.5 Å². The molecule has 2 fully saturated rings. The van der Waals surface area contributed by atoms with Crippen LogP contribution in [0.4, 0.5) is 22.4 Å². The first-order valence-corrected chi connectivity index (χ1v) is 11.1. The molecule has 1 heterocycles. The molecule has 2 N–H and O–H groups in total. The molecule has 0 aromatic heterocycles. The summed E-state index contributed by atoms with van der Waals surface area (Å²) in [7, 11) is 0. The molecule has 0 bridgehead atoms. The Morgan fingerprint density at radius 3 is 2.40 bits per heavy atom. The first kappa shape index (κ1) is 24.5. The van der Waals surface area contributed by atoms with Gasteiger partial charge in [0.05, 0.1) is 17.7 Å². The van der Waals surface area contributed by atoms with E-state index < -0.39 is 52.5 Å². The number of carbonyl (C=O) groups excluding carboxylic acids is 3. The summed E-state index contributed by atoms with van der Waals surface area (Å²) in [6, 6.07) is 8.90. The number of hydrogen-bond acceptors (Lipinski definition) is 4. The minimum absolute atomic E-state index is 0.00180. The lowest BCUT2D eigenvalue weighted by Crippen LogP contribution is -2.53. The molecule has 1 saturated carbocycles. The zero-order chi connectivity index (χ0) is 25.2. The van der Waals surface area contributed by atoms with Crippen molar-refractivity contribution in [2.75, 3.05) is 13.2 Å². The summed E-state index contributed by atoms with van der Waals surface area (Å²) in [6.45, 7) is 0.0242. The highest BCUT2D eigenvalue weighted by atomic mass is 19.4. The van der Waals surface area contributed by atoms with Gasteiger partial charge >= 0.3 is 12.2 Å². The summed E-state index contributed by atoms with van der Waals surface area (Å²) in [5.74, 6) is -1.25. The standard InChI is InChI=1S/C24H23F4N3O4/c25-15-5-7-17(8-6-15)35-14-13-31-21(33)23(30-22(31)34)11-9-16(10-12-23)29-20(32)18-3-1-2-4-19(18)24(26,27)28/h1-8,16H,9-14H2,(H,29,32)(H,30,34). The highest BCUT2D eigenvalue weighted by molar-refractivity contribution is 6.07. The Balaban J connectivity index is 1.32. The van der Waals surface area contributed by atoms with Gasteiger partial charge in [0.1, 0.15) is 23.7 Å². The number of carbonyl (C=O) groups is 3. The number of urea groups is 1. The Bertz CT molecular complexity index is 1110. The molecule has 0 atom stereocenters. The molecule has 0 radical (unpaired) electrons. The van der Waals surface area contributed by atoms with Crippen LogP contribution in [0.2, 0.25) is 0 Å². The summed E-state index contributed by atoms with van der Waals surface area (Å²) in [4.78, 5) is 39.0. The molecule has 2 aliphatic rings. The van der Waals surface area contributed by atoms with E-state index >= 15 is 0 Å². The molecule has 1 spiro atoms. The van der Waals surface area contributed by atoms with E-state index in [9.17, 15) is 31.9 Å². The van der Waals surface area contributed by atoms with Crippen LogP contribution in [0.15, 0.2) is 48.5 Å². The average molecular weight is 493 g/mol. The quantitative estimate of drug-likeness (QED) is 0.472. The highest BCUT2D eigenvalue weighted by Gasteiger charge is 2.52. The number of alkyl halides is 3. The third-order valence-electron chi connectivity index (χ3n) is 6.29. The molecule has 1 aliphatic carbocycles. The summed E-state index contributed by atoms with van der Waals surface area (Å²) >= 11 is 0. The van der Waals surface area contributed by atoms with Crippen LogP contribution in [0.3, 0.4) is 0 Å². The van der Waals surface area contributed by atoms with Crippen molar-refractivity contribution in [1.29, 1.82) is 0 Å². The van der Waals surface area contributed by atoms with Gasteiger partial charge in [-0.2, -0.15) is 13.2 Å². The van der Waals surface area contributed by atoms with Crippen molar-refractivity contribution < 1.29 is 36.7 Å². The number of nitrogens with zero attached hydrogens (tertiary/aromatic N) is 1. The number of rotatable bonds is 6. The summed E-state index contributed by atoms with van der Waals surface area (Å²) in [5, 5.41) is 5.36. The Morgan fingerprint density at radius 2 is 1.74 bits per heavy atom. The maximum atomic E-state index is 13.2. The van der Waals surface area contributed by atoms with Gasteiger partial charge in [0.15, 0.2) is 0 Å². The van der Waals surface area contributed by atoms with E-state index in [1.54, 1.807) is 0 Å². The Morgan fingerprint density at radius 1 is 1.09 bits per heavy atom. The van der Waals surface area contributed by atoms with Crippen molar-refractivity contribution in [2.45, 2.75) is 43.4 Å². The lowest BCUT2D eigenvalue weighted by molar-refractivity contribution is -0.138. The number of amides is 4. The first-order chi connectivity index (χ1) is 16.6. The molecule has 4 amide bonds. The van der Waals surface area contributed by atoms with Crippen LogP contribution in [0.1, 0.15) is 41.6 Å². The van der Waals surface area contributed by atoms with Gasteiger partial charge < -0.3 is 15.4 Å². The molecular weight excluding hydrogens is 470 g/mol. The second-order valence-electron chi connectivity index (χ2n) is 8.56.